The first-order chi connectivity index (χ1) is 8.56. The molecule has 3 heteroatoms. The normalized spacial score (nSPS) is 12.4. The molecule has 18 heavy (non-hydrogen) atoms. The first-order valence-electron chi connectivity index (χ1n) is 5.71. The van der Waals surface area contributed by atoms with Crippen molar-refractivity contribution in [3.63, 3.8) is 0 Å². The Balaban J connectivity index is 2.13. The first kappa shape index (κ1) is 14.1. The zero-order valence-corrected chi connectivity index (χ0v) is 13.9. The maximum atomic E-state index is 5.89. The fourth-order valence-corrected chi connectivity index (χ4v) is 2.84. The summed E-state index contributed by atoms with van der Waals surface area (Å²) in [7, 11) is 0. The molecule has 1 unspecified atom stereocenters. The second kappa shape index (κ2) is 6.23. The van der Waals surface area contributed by atoms with Crippen LogP contribution in [0.1, 0.15) is 21.5 Å². The van der Waals surface area contributed by atoms with Crippen molar-refractivity contribution in [1.29, 1.82) is 0 Å². The molecule has 0 saturated carbocycles. The van der Waals surface area contributed by atoms with Crippen LogP contribution in [0.25, 0.3) is 0 Å². The van der Waals surface area contributed by atoms with Crippen molar-refractivity contribution in [1.82, 2.24) is 0 Å². The number of alkyl halides is 1. The maximum absolute atomic E-state index is 5.89. The van der Waals surface area contributed by atoms with Crippen molar-refractivity contribution in [2.75, 3.05) is 0 Å². The average molecular weight is 389 g/mol. The van der Waals surface area contributed by atoms with Gasteiger partial charge in [-0.1, -0.05) is 67.7 Å². The van der Waals surface area contributed by atoms with Gasteiger partial charge in [0.1, 0.15) is 0 Å². The minimum absolute atomic E-state index is 0.325. The molecule has 1 atom stereocenters. The Morgan fingerprint density at radius 1 is 1.11 bits per heavy atom. The van der Waals surface area contributed by atoms with Gasteiger partial charge in [0.05, 0.1) is 0 Å². The Morgan fingerprint density at radius 2 is 1.78 bits per heavy atom. The topological polar surface area (TPSA) is 0 Å². The molecular weight excluding hydrogens is 375 g/mol. The molecule has 0 amide bonds. The average Bonchev–Trinajstić information content (AvgIpc) is 2.35. The third-order valence-electron chi connectivity index (χ3n) is 2.87. The van der Waals surface area contributed by atoms with E-state index in [0.29, 0.717) is 4.83 Å². The monoisotopic (exact) mass is 386 g/mol. The quantitative estimate of drug-likeness (QED) is 0.558. The molecule has 0 bridgehead atoms. The van der Waals surface area contributed by atoms with Crippen LogP contribution in [0.4, 0.5) is 0 Å². The lowest BCUT2D eigenvalue weighted by Gasteiger charge is -2.12. The van der Waals surface area contributed by atoms with E-state index in [1.807, 2.05) is 12.1 Å². The second-order valence-corrected chi connectivity index (χ2v) is 6.70. The van der Waals surface area contributed by atoms with Gasteiger partial charge in [-0.2, -0.15) is 0 Å². The SMILES string of the molecule is Cc1cc(C(Br)Cc2ccc(Cl)cc2)ccc1Br. The van der Waals surface area contributed by atoms with E-state index in [1.54, 1.807) is 0 Å². The highest BCUT2D eigenvalue weighted by Crippen LogP contribution is 2.30. The third-order valence-corrected chi connectivity index (χ3v) is 4.87. The van der Waals surface area contributed by atoms with Crippen LogP contribution in [0.2, 0.25) is 5.02 Å². The lowest BCUT2D eigenvalue weighted by Crippen LogP contribution is -1.96. The highest BCUT2D eigenvalue weighted by Gasteiger charge is 2.09. The van der Waals surface area contributed by atoms with Crippen LogP contribution in [0.3, 0.4) is 0 Å². The van der Waals surface area contributed by atoms with Crippen LogP contribution in [0.15, 0.2) is 46.9 Å². The molecule has 0 aliphatic carbocycles. The first-order valence-corrected chi connectivity index (χ1v) is 7.79. The van der Waals surface area contributed by atoms with Crippen LogP contribution in [-0.4, -0.2) is 0 Å². The van der Waals surface area contributed by atoms with Gasteiger partial charge in [0.2, 0.25) is 0 Å². The van der Waals surface area contributed by atoms with Crippen molar-refractivity contribution in [3.05, 3.63) is 68.7 Å². The molecular formula is C15H13Br2Cl. The fraction of sp³-hybridized carbons (Fsp3) is 0.200. The lowest BCUT2D eigenvalue weighted by molar-refractivity contribution is 0.946. The molecule has 2 rings (SSSR count). The number of halogens is 3. The minimum atomic E-state index is 0.325. The predicted molar refractivity (Wildman–Crippen MR) is 85.7 cm³/mol. The molecule has 0 aliphatic rings. The van der Waals surface area contributed by atoms with Crippen LogP contribution in [0.5, 0.6) is 0 Å². The highest BCUT2D eigenvalue weighted by atomic mass is 79.9. The molecule has 0 aromatic heterocycles. The van der Waals surface area contributed by atoms with Gasteiger partial charge in [-0.15, -0.1) is 0 Å². The third kappa shape index (κ3) is 3.59. The molecule has 0 aliphatic heterocycles. The number of hydrogen-bond donors (Lipinski definition) is 0. The smallest absolute Gasteiger partial charge is 0.0435 e. The Labute approximate surface area is 130 Å². The van der Waals surface area contributed by atoms with Gasteiger partial charge in [-0.05, 0) is 48.2 Å². The van der Waals surface area contributed by atoms with E-state index in [0.717, 1.165) is 15.9 Å². The van der Waals surface area contributed by atoms with Crippen LogP contribution in [0, 0.1) is 6.92 Å². The summed E-state index contributed by atoms with van der Waals surface area (Å²) in [4.78, 5) is 0.325. The number of hydrogen-bond acceptors (Lipinski definition) is 0. The largest absolute Gasteiger partial charge is 0.0843 e. The Hall–Kier alpha value is -0.310. The van der Waals surface area contributed by atoms with E-state index in [-0.39, 0.29) is 0 Å². The highest BCUT2D eigenvalue weighted by molar-refractivity contribution is 9.10. The van der Waals surface area contributed by atoms with Crippen molar-refractivity contribution < 1.29 is 0 Å². The Morgan fingerprint density at radius 3 is 2.39 bits per heavy atom. The van der Waals surface area contributed by atoms with E-state index >= 15 is 0 Å². The number of benzene rings is 2. The molecule has 0 radical (unpaired) electrons. The number of aryl methyl sites for hydroxylation is 1. The van der Waals surface area contributed by atoms with E-state index < -0.39 is 0 Å². The molecule has 2 aromatic rings. The maximum Gasteiger partial charge on any atom is 0.0435 e. The number of rotatable bonds is 3. The zero-order chi connectivity index (χ0) is 13.1. The Kier molecular flexibility index (Phi) is 4.88. The summed E-state index contributed by atoms with van der Waals surface area (Å²) in [5, 5.41) is 0.782. The van der Waals surface area contributed by atoms with Crippen molar-refractivity contribution in [2.45, 2.75) is 18.2 Å². The molecule has 0 fully saturated rings. The molecule has 94 valence electrons. The zero-order valence-electron chi connectivity index (χ0n) is 9.96. The standard InChI is InChI=1S/C15H13Br2Cl/c1-10-8-12(4-7-14(10)16)15(17)9-11-2-5-13(18)6-3-11/h2-8,15H,9H2,1H3. The van der Waals surface area contributed by atoms with Gasteiger partial charge in [-0.25, -0.2) is 0 Å². The summed E-state index contributed by atoms with van der Waals surface area (Å²) in [6.45, 7) is 2.11. The molecule has 0 saturated heterocycles. The van der Waals surface area contributed by atoms with Gasteiger partial charge < -0.3 is 0 Å². The molecule has 0 spiro atoms. The van der Waals surface area contributed by atoms with E-state index in [4.69, 9.17) is 11.6 Å². The summed E-state index contributed by atoms with van der Waals surface area (Å²) >= 11 is 13.2. The van der Waals surface area contributed by atoms with Crippen LogP contribution >= 0.6 is 43.5 Å². The van der Waals surface area contributed by atoms with Gasteiger partial charge in [0, 0.05) is 14.3 Å². The van der Waals surface area contributed by atoms with Crippen molar-refractivity contribution in [2.24, 2.45) is 0 Å². The second-order valence-electron chi connectivity index (χ2n) is 4.31. The summed E-state index contributed by atoms with van der Waals surface area (Å²) in [5.41, 5.74) is 3.83. The summed E-state index contributed by atoms with van der Waals surface area (Å²) < 4.78 is 1.15. The molecule has 0 nitrogen and oxygen atoms in total. The lowest BCUT2D eigenvalue weighted by atomic mass is 10.0. The summed E-state index contributed by atoms with van der Waals surface area (Å²) in [5.74, 6) is 0. The van der Waals surface area contributed by atoms with Crippen molar-refractivity contribution >= 4 is 43.5 Å². The van der Waals surface area contributed by atoms with Crippen LogP contribution in [-0.2, 0) is 6.42 Å². The molecule has 0 heterocycles. The molecule has 2 aromatic carbocycles. The van der Waals surface area contributed by atoms with Gasteiger partial charge >= 0.3 is 0 Å². The van der Waals surface area contributed by atoms with Gasteiger partial charge in [-0.3, -0.25) is 0 Å². The van der Waals surface area contributed by atoms with Gasteiger partial charge in [0.25, 0.3) is 0 Å². The van der Waals surface area contributed by atoms with E-state index in [1.165, 1.54) is 16.7 Å². The fourth-order valence-electron chi connectivity index (χ4n) is 1.81. The summed E-state index contributed by atoms with van der Waals surface area (Å²) in [6, 6.07) is 14.5. The van der Waals surface area contributed by atoms with Crippen LogP contribution < -0.4 is 0 Å². The Bertz CT molecular complexity index is 535. The van der Waals surface area contributed by atoms with E-state index in [2.05, 4.69) is 69.1 Å². The minimum Gasteiger partial charge on any atom is -0.0843 e. The van der Waals surface area contributed by atoms with Crippen molar-refractivity contribution in [3.8, 4) is 0 Å². The molecule has 0 N–H and O–H groups in total. The van der Waals surface area contributed by atoms with E-state index in [9.17, 15) is 0 Å². The predicted octanol–water partition coefficient (Wildman–Crippen LogP) is 6.09. The summed E-state index contributed by atoms with van der Waals surface area (Å²) in [6.07, 6.45) is 0.957. The van der Waals surface area contributed by atoms with Gasteiger partial charge in [0.15, 0.2) is 0 Å².